The number of H-pyrrole nitrogens is 1. The molecule has 6 rings (SSSR count). The number of piperidine rings is 1. The van der Waals surface area contributed by atoms with E-state index in [1.54, 1.807) is 34.2 Å². The summed E-state index contributed by atoms with van der Waals surface area (Å²) in [6, 6.07) is 13.2. The summed E-state index contributed by atoms with van der Waals surface area (Å²) in [6.07, 6.45) is 2.80. The van der Waals surface area contributed by atoms with Crippen molar-refractivity contribution in [3.63, 3.8) is 0 Å². The lowest BCUT2D eigenvalue weighted by molar-refractivity contribution is -0.143. The number of nitrogens with one attached hydrogen (secondary N) is 2. The zero-order valence-electron chi connectivity index (χ0n) is 26.3. The largest absolute Gasteiger partial charge is 0.496 e. The van der Waals surface area contributed by atoms with Gasteiger partial charge in [-0.25, -0.2) is 4.39 Å². The predicted molar refractivity (Wildman–Crippen MR) is 171 cm³/mol. The normalized spacial score (nSPS) is 18.9. The third kappa shape index (κ3) is 6.43. The first-order valence-corrected chi connectivity index (χ1v) is 15.5. The Labute approximate surface area is 266 Å². The molecule has 2 saturated heterocycles. The number of pyridine rings is 1. The van der Waals surface area contributed by atoms with Crippen molar-refractivity contribution in [1.29, 1.82) is 0 Å². The number of likely N-dealkylation sites (tertiary alicyclic amines) is 1. The van der Waals surface area contributed by atoms with E-state index < -0.39 is 11.9 Å². The summed E-state index contributed by atoms with van der Waals surface area (Å²) < 4.78 is 20.5. The fourth-order valence-corrected chi connectivity index (χ4v) is 6.49. The maximum Gasteiger partial charge on any atom is 0.251 e. The molecule has 0 spiro atoms. The number of ether oxygens (including phenoxy) is 1. The average Bonchev–Trinajstić information content (AvgIpc) is 3.49. The number of hydrogen-bond acceptors (Lipinski definition) is 7. The molecular formula is C34H38FN7O4. The summed E-state index contributed by atoms with van der Waals surface area (Å²) in [5.74, 6) is -0.306. The van der Waals surface area contributed by atoms with Crippen LogP contribution in [0.3, 0.4) is 0 Å². The van der Waals surface area contributed by atoms with Gasteiger partial charge in [0, 0.05) is 86.2 Å². The number of aromatic amines is 1. The molecule has 0 bridgehead atoms. The van der Waals surface area contributed by atoms with Crippen molar-refractivity contribution in [1.82, 2.24) is 35.2 Å². The Kier molecular flexibility index (Phi) is 8.98. The summed E-state index contributed by atoms with van der Waals surface area (Å²) in [5, 5.41) is 11.5. The number of benzene rings is 2. The highest BCUT2D eigenvalue weighted by Gasteiger charge is 2.37. The van der Waals surface area contributed by atoms with Crippen molar-refractivity contribution >= 4 is 28.6 Å². The Balaban J connectivity index is 1.21. The average molecular weight is 628 g/mol. The van der Waals surface area contributed by atoms with Crippen LogP contribution in [0.1, 0.15) is 41.4 Å². The summed E-state index contributed by atoms with van der Waals surface area (Å²) >= 11 is 0. The molecule has 2 aliphatic rings. The van der Waals surface area contributed by atoms with Gasteiger partial charge in [0.1, 0.15) is 17.3 Å². The Morgan fingerprint density at radius 2 is 1.83 bits per heavy atom. The number of methoxy groups -OCH3 is 1. The zero-order chi connectivity index (χ0) is 32.4. The molecule has 0 aliphatic carbocycles. The van der Waals surface area contributed by atoms with E-state index >= 15 is 4.39 Å². The van der Waals surface area contributed by atoms with Crippen LogP contribution in [0.4, 0.5) is 4.39 Å². The van der Waals surface area contributed by atoms with Gasteiger partial charge in [0.25, 0.3) is 5.91 Å². The molecule has 2 aliphatic heterocycles. The van der Waals surface area contributed by atoms with E-state index in [0.29, 0.717) is 62.4 Å². The third-order valence-corrected chi connectivity index (χ3v) is 8.99. The minimum absolute atomic E-state index is 0.00720. The van der Waals surface area contributed by atoms with E-state index in [-0.39, 0.29) is 30.3 Å². The van der Waals surface area contributed by atoms with Crippen molar-refractivity contribution in [2.75, 3.05) is 39.8 Å². The van der Waals surface area contributed by atoms with Gasteiger partial charge < -0.3 is 19.9 Å². The van der Waals surface area contributed by atoms with E-state index in [2.05, 4.69) is 20.5 Å². The number of aromatic nitrogens is 3. The van der Waals surface area contributed by atoms with Gasteiger partial charge in [-0.2, -0.15) is 5.10 Å². The van der Waals surface area contributed by atoms with Crippen LogP contribution in [0.25, 0.3) is 22.2 Å². The lowest BCUT2D eigenvalue weighted by Crippen LogP contribution is -2.59. The van der Waals surface area contributed by atoms with Crippen LogP contribution in [-0.4, -0.2) is 99.5 Å². The molecule has 11 nitrogen and oxygen atoms in total. The summed E-state index contributed by atoms with van der Waals surface area (Å²) in [4.78, 5) is 49.0. The van der Waals surface area contributed by atoms with Crippen molar-refractivity contribution in [3.8, 4) is 17.0 Å². The molecule has 2 fully saturated rings. The molecular weight excluding hydrogens is 589 g/mol. The Morgan fingerprint density at radius 1 is 1.04 bits per heavy atom. The number of halogens is 1. The fraction of sp³-hybridized carbons (Fsp3) is 0.382. The highest BCUT2D eigenvalue weighted by molar-refractivity contribution is 6.01. The number of carbonyl (C=O) groups is 3. The van der Waals surface area contributed by atoms with E-state index in [1.807, 2.05) is 36.1 Å². The molecule has 240 valence electrons. The quantitative estimate of drug-likeness (QED) is 0.321. The first-order chi connectivity index (χ1) is 22.2. The molecule has 3 amide bonds. The van der Waals surface area contributed by atoms with Crippen molar-refractivity contribution in [2.45, 2.75) is 45.3 Å². The number of carbonyl (C=O) groups excluding carboxylic acids is 3. The minimum atomic E-state index is -0.505. The predicted octanol–water partition coefficient (Wildman–Crippen LogP) is 3.53. The van der Waals surface area contributed by atoms with E-state index in [1.165, 1.54) is 20.1 Å². The molecule has 1 unspecified atom stereocenters. The standard InChI is InChI=1S/C34H38FN7O4/c1-21-17-23(11-12-36-21)32-26-18-24(7-9-29(26)38-39-32)33(44)37-25-8-10-30(34(45)41-15-13-40(14-16-41)22(2)43)42(19-25)20-27-28(35)5-4-6-31(27)46-3/h4-7,9,11-12,17-18,25,30H,8,10,13-16,19-20H2,1-3H3,(H,37,44)(H,38,39)/t25?,30-/m0/s1. The number of piperazine rings is 1. The molecule has 4 aromatic rings. The van der Waals surface area contributed by atoms with Crippen LogP contribution < -0.4 is 10.1 Å². The fourth-order valence-electron chi connectivity index (χ4n) is 6.49. The first-order valence-electron chi connectivity index (χ1n) is 15.5. The van der Waals surface area contributed by atoms with Gasteiger partial charge in [-0.05, 0) is 62.2 Å². The van der Waals surface area contributed by atoms with Crippen LogP contribution >= 0.6 is 0 Å². The Bertz CT molecular complexity index is 1770. The number of rotatable bonds is 7. The van der Waals surface area contributed by atoms with E-state index in [4.69, 9.17) is 4.74 Å². The van der Waals surface area contributed by atoms with Crippen LogP contribution in [0, 0.1) is 12.7 Å². The zero-order valence-corrected chi connectivity index (χ0v) is 26.3. The van der Waals surface area contributed by atoms with Crippen molar-refractivity contribution in [2.24, 2.45) is 0 Å². The van der Waals surface area contributed by atoms with E-state index in [9.17, 15) is 14.4 Å². The Hall–Kier alpha value is -4.84. The van der Waals surface area contributed by atoms with Gasteiger partial charge in [-0.15, -0.1) is 0 Å². The van der Waals surface area contributed by atoms with Crippen LogP contribution in [0.2, 0.25) is 0 Å². The van der Waals surface area contributed by atoms with Crippen molar-refractivity contribution in [3.05, 3.63) is 77.4 Å². The molecule has 2 aromatic carbocycles. The second kappa shape index (κ2) is 13.3. The summed E-state index contributed by atoms with van der Waals surface area (Å²) in [7, 11) is 1.49. The van der Waals surface area contributed by atoms with Gasteiger partial charge in [0.15, 0.2) is 0 Å². The monoisotopic (exact) mass is 627 g/mol. The summed E-state index contributed by atoms with van der Waals surface area (Å²) in [6.45, 7) is 5.80. The Morgan fingerprint density at radius 3 is 2.57 bits per heavy atom. The highest BCUT2D eigenvalue weighted by atomic mass is 19.1. The molecule has 2 aromatic heterocycles. The maximum atomic E-state index is 15.1. The van der Waals surface area contributed by atoms with E-state index in [0.717, 1.165) is 27.9 Å². The number of nitrogens with zero attached hydrogens (tertiary/aromatic N) is 5. The maximum absolute atomic E-state index is 15.1. The molecule has 12 heteroatoms. The molecule has 0 radical (unpaired) electrons. The topological polar surface area (TPSA) is 124 Å². The first kappa shape index (κ1) is 31.2. The van der Waals surface area contributed by atoms with Gasteiger partial charge in [0.05, 0.1) is 18.7 Å². The molecule has 0 saturated carbocycles. The van der Waals surface area contributed by atoms with Crippen LogP contribution in [0.15, 0.2) is 54.7 Å². The number of fused-ring (bicyclic) bond motifs is 1. The third-order valence-electron chi connectivity index (χ3n) is 8.99. The summed E-state index contributed by atoms with van der Waals surface area (Å²) in [5.41, 5.74) is 4.18. The van der Waals surface area contributed by atoms with Crippen molar-refractivity contribution < 1.29 is 23.5 Å². The van der Waals surface area contributed by atoms with Crippen LogP contribution in [0.5, 0.6) is 5.75 Å². The van der Waals surface area contributed by atoms with Gasteiger partial charge in [-0.1, -0.05) is 6.07 Å². The number of amides is 3. The molecule has 2 atom stereocenters. The number of hydrogen-bond donors (Lipinski definition) is 2. The van der Waals surface area contributed by atoms with Gasteiger partial charge >= 0.3 is 0 Å². The molecule has 2 N–H and O–H groups in total. The van der Waals surface area contributed by atoms with Crippen LogP contribution in [-0.2, 0) is 16.1 Å². The van der Waals surface area contributed by atoms with Gasteiger partial charge in [-0.3, -0.25) is 29.4 Å². The molecule has 4 heterocycles. The van der Waals surface area contributed by atoms with Gasteiger partial charge in [0.2, 0.25) is 11.8 Å². The lowest BCUT2D eigenvalue weighted by Gasteiger charge is -2.43. The minimum Gasteiger partial charge on any atom is -0.496 e. The highest BCUT2D eigenvalue weighted by Crippen LogP contribution is 2.30. The number of aryl methyl sites for hydroxylation is 1. The SMILES string of the molecule is COc1cccc(F)c1CN1CC(NC(=O)c2ccc3[nH]nc(-c4ccnc(C)c4)c3c2)CC[C@H]1C(=O)N1CCN(C(C)=O)CC1. The second-order valence-electron chi connectivity index (χ2n) is 12.0. The second-order valence-corrected chi connectivity index (χ2v) is 12.0. The lowest BCUT2D eigenvalue weighted by atomic mass is 9.95. The molecule has 46 heavy (non-hydrogen) atoms. The smallest absolute Gasteiger partial charge is 0.251 e.